The maximum absolute atomic E-state index is 10.7. The van der Waals surface area contributed by atoms with E-state index in [0.717, 1.165) is 0 Å². The zero-order valence-electron chi connectivity index (χ0n) is 6.07. The Kier molecular flexibility index (Phi) is 4.03. The molecule has 0 rings (SSSR count). The number of ether oxygens (including phenoxy) is 1. The van der Waals surface area contributed by atoms with Crippen molar-refractivity contribution < 1.29 is 14.3 Å². The quantitative estimate of drug-likeness (QED) is 0.316. The SMILES string of the molecule is C=C(OC(=O)C(Cl)(Cl)Cl)C(C)=O. The van der Waals surface area contributed by atoms with Crippen LogP contribution in [0, 0.1) is 0 Å². The molecule has 0 fully saturated rings. The minimum atomic E-state index is -2.18. The number of hydrogen-bond donors (Lipinski definition) is 0. The van der Waals surface area contributed by atoms with Gasteiger partial charge in [-0.25, -0.2) is 4.79 Å². The molecule has 12 heavy (non-hydrogen) atoms. The van der Waals surface area contributed by atoms with Crippen molar-refractivity contribution in [1.29, 1.82) is 0 Å². The minimum absolute atomic E-state index is 0.355. The smallest absolute Gasteiger partial charge is 0.364 e. The van der Waals surface area contributed by atoms with Gasteiger partial charge in [-0.2, -0.15) is 0 Å². The summed E-state index contributed by atoms with van der Waals surface area (Å²) in [4.78, 5) is 21.2. The zero-order valence-corrected chi connectivity index (χ0v) is 8.33. The van der Waals surface area contributed by atoms with Crippen molar-refractivity contribution in [2.24, 2.45) is 0 Å². The van der Waals surface area contributed by atoms with E-state index >= 15 is 0 Å². The van der Waals surface area contributed by atoms with Crippen molar-refractivity contribution >= 4 is 46.6 Å². The average molecular weight is 231 g/mol. The third kappa shape index (κ3) is 3.95. The molecule has 0 spiro atoms. The van der Waals surface area contributed by atoms with Gasteiger partial charge in [0.15, 0.2) is 11.5 Å². The molecular weight excluding hydrogens is 226 g/mol. The van der Waals surface area contributed by atoms with Crippen LogP contribution < -0.4 is 0 Å². The van der Waals surface area contributed by atoms with Crippen LogP contribution in [0.5, 0.6) is 0 Å². The molecule has 0 unspecified atom stereocenters. The van der Waals surface area contributed by atoms with Gasteiger partial charge >= 0.3 is 5.97 Å². The molecule has 6 heteroatoms. The highest BCUT2D eigenvalue weighted by Gasteiger charge is 2.33. The lowest BCUT2D eigenvalue weighted by Crippen LogP contribution is -2.22. The van der Waals surface area contributed by atoms with Crippen molar-refractivity contribution in [3.63, 3.8) is 0 Å². The summed E-state index contributed by atoms with van der Waals surface area (Å²) in [6.45, 7) is 4.31. The Hall–Kier alpha value is -0.250. The molecule has 68 valence electrons. The number of hydrogen-bond acceptors (Lipinski definition) is 3. The Labute approximate surface area is 84.2 Å². The molecular formula is C6H5Cl3O3. The lowest BCUT2D eigenvalue weighted by Gasteiger charge is -2.09. The number of allylic oxidation sites excluding steroid dienone is 1. The van der Waals surface area contributed by atoms with E-state index < -0.39 is 15.5 Å². The van der Waals surface area contributed by atoms with Gasteiger partial charge in [0.25, 0.3) is 3.79 Å². The van der Waals surface area contributed by atoms with Crippen LogP contribution in [0.3, 0.4) is 0 Å². The number of ketones is 1. The largest absolute Gasteiger partial charge is 0.420 e. The first-order valence-electron chi connectivity index (χ1n) is 2.74. The van der Waals surface area contributed by atoms with Gasteiger partial charge in [0.05, 0.1) is 0 Å². The lowest BCUT2D eigenvalue weighted by atomic mass is 10.4. The Balaban J connectivity index is 4.21. The third-order valence-electron chi connectivity index (χ3n) is 0.840. The summed E-state index contributed by atoms with van der Waals surface area (Å²) in [5.41, 5.74) is 0. The fourth-order valence-electron chi connectivity index (χ4n) is 0.242. The normalized spacial score (nSPS) is 10.7. The van der Waals surface area contributed by atoms with Gasteiger partial charge in [-0.05, 0) is 0 Å². The fraction of sp³-hybridized carbons (Fsp3) is 0.333. The predicted octanol–water partition coefficient (Wildman–Crippen LogP) is 2.00. The number of rotatable bonds is 2. The third-order valence-corrected chi connectivity index (χ3v) is 1.30. The van der Waals surface area contributed by atoms with Crippen LogP contribution in [-0.4, -0.2) is 15.5 Å². The van der Waals surface area contributed by atoms with E-state index in [2.05, 4.69) is 11.3 Å². The molecule has 0 aromatic rings. The van der Waals surface area contributed by atoms with Crippen LogP contribution in [0.2, 0.25) is 0 Å². The summed E-state index contributed by atoms with van der Waals surface area (Å²) < 4.78 is 2.12. The van der Waals surface area contributed by atoms with Crippen LogP contribution >= 0.6 is 34.8 Å². The summed E-state index contributed by atoms with van der Waals surface area (Å²) in [6, 6.07) is 0. The van der Waals surface area contributed by atoms with Crippen molar-refractivity contribution in [1.82, 2.24) is 0 Å². The number of carbonyl (C=O) groups is 2. The van der Waals surface area contributed by atoms with Gasteiger partial charge in [-0.3, -0.25) is 4.79 Å². The molecule has 0 saturated heterocycles. The number of Topliss-reactive ketones (excluding diaryl/α,β-unsaturated/α-hetero) is 1. The zero-order chi connectivity index (χ0) is 9.94. The maximum Gasteiger partial charge on any atom is 0.364 e. The summed E-state index contributed by atoms with van der Waals surface area (Å²) in [6.07, 6.45) is 0. The Morgan fingerprint density at radius 2 is 1.75 bits per heavy atom. The maximum atomic E-state index is 10.7. The molecule has 0 radical (unpaired) electrons. The first-order chi connectivity index (χ1) is 5.25. The molecule has 0 aliphatic rings. The second-order valence-electron chi connectivity index (χ2n) is 1.87. The summed E-state index contributed by atoms with van der Waals surface area (Å²) in [5, 5.41) is 0. The van der Waals surface area contributed by atoms with Gasteiger partial charge < -0.3 is 4.74 Å². The van der Waals surface area contributed by atoms with Crippen molar-refractivity contribution in [2.75, 3.05) is 0 Å². The highest BCUT2D eigenvalue weighted by molar-refractivity contribution is 6.75. The monoisotopic (exact) mass is 230 g/mol. The van der Waals surface area contributed by atoms with Crippen molar-refractivity contribution in [3.05, 3.63) is 12.3 Å². The van der Waals surface area contributed by atoms with Gasteiger partial charge in [0.1, 0.15) is 0 Å². The van der Waals surface area contributed by atoms with Crippen molar-refractivity contribution in [2.45, 2.75) is 10.7 Å². The summed E-state index contributed by atoms with van der Waals surface area (Å²) >= 11 is 15.4. The van der Waals surface area contributed by atoms with Crippen LogP contribution in [0.15, 0.2) is 12.3 Å². The van der Waals surface area contributed by atoms with E-state index in [1.54, 1.807) is 0 Å². The van der Waals surface area contributed by atoms with E-state index in [1.165, 1.54) is 6.92 Å². The molecule has 0 N–H and O–H groups in total. The molecule has 0 saturated carbocycles. The molecule has 0 amide bonds. The lowest BCUT2D eigenvalue weighted by molar-refractivity contribution is -0.141. The first-order valence-corrected chi connectivity index (χ1v) is 3.87. The summed E-state index contributed by atoms with van der Waals surface area (Å²) in [5.74, 6) is -2.00. The molecule has 0 aliphatic carbocycles. The van der Waals surface area contributed by atoms with E-state index in [0.29, 0.717) is 0 Å². The van der Waals surface area contributed by atoms with Crippen LogP contribution in [-0.2, 0) is 14.3 Å². The molecule has 0 atom stereocenters. The minimum Gasteiger partial charge on any atom is -0.420 e. The van der Waals surface area contributed by atoms with Gasteiger partial charge in [-0.15, -0.1) is 0 Å². The molecule has 0 bridgehead atoms. The van der Waals surface area contributed by atoms with Gasteiger partial charge in [0, 0.05) is 6.92 Å². The second-order valence-corrected chi connectivity index (χ2v) is 4.15. The van der Waals surface area contributed by atoms with Crippen LogP contribution in [0.1, 0.15) is 6.92 Å². The standard InChI is InChI=1S/C6H5Cl3O3/c1-3(10)4(2)12-5(11)6(7,8)9/h2H2,1H3. The van der Waals surface area contributed by atoms with Crippen LogP contribution in [0.25, 0.3) is 0 Å². The molecule has 0 heterocycles. The fourth-order valence-corrected chi connectivity index (χ4v) is 0.357. The first kappa shape index (κ1) is 11.8. The molecule has 3 nitrogen and oxygen atoms in total. The van der Waals surface area contributed by atoms with E-state index in [-0.39, 0.29) is 5.76 Å². The second kappa shape index (κ2) is 4.12. The number of alkyl halides is 3. The van der Waals surface area contributed by atoms with Gasteiger partial charge in [-0.1, -0.05) is 41.4 Å². The topological polar surface area (TPSA) is 43.4 Å². The average Bonchev–Trinajstić information content (AvgIpc) is 1.85. The van der Waals surface area contributed by atoms with Crippen molar-refractivity contribution in [3.8, 4) is 0 Å². The van der Waals surface area contributed by atoms with Crippen LogP contribution in [0.4, 0.5) is 0 Å². The Morgan fingerprint density at radius 1 is 1.33 bits per heavy atom. The van der Waals surface area contributed by atoms with Gasteiger partial charge in [0.2, 0.25) is 0 Å². The number of halogens is 3. The number of esters is 1. The highest BCUT2D eigenvalue weighted by Crippen LogP contribution is 2.28. The highest BCUT2D eigenvalue weighted by atomic mass is 35.6. The summed E-state index contributed by atoms with van der Waals surface area (Å²) in [7, 11) is 0. The van der Waals surface area contributed by atoms with E-state index in [4.69, 9.17) is 34.8 Å². The van der Waals surface area contributed by atoms with E-state index in [9.17, 15) is 9.59 Å². The predicted molar refractivity (Wildman–Crippen MR) is 46.2 cm³/mol. The Morgan fingerprint density at radius 3 is 2.00 bits per heavy atom. The molecule has 0 aliphatic heterocycles. The van der Waals surface area contributed by atoms with E-state index in [1.807, 2.05) is 0 Å². The Bertz CT molecular complexity index is 229. The molecule has 0 aromatic heterocycles. The molecule has 0 aromatic carbocycles. The number of carbonyl (C=O) groups excluding carboxylic acids is 2.